The summed E-state index contributed by atoms with van der Waals surface area (Å²) in [4.78, 5) is 16.0. The normalized spacial score (nSPS) is 12.2. The molecule has 0 amide bonds. The molecule has 188 valence electrons. The van der Waals surface area contributed by atoms with Gasteiger partial charge in [0.15, 0.2) is 5.82 Å². The molecule has 0 atom stereocenters. The minimum atomic E-state index is -0.584. The highest BCUT2D eigenvalue weighted by molar-refractivity contribution is 5.77. The highest BCUT2D eigenvalue weighted by Gasteiger charge is 2.17. The highest BCUT2D eigenvalue weighted by Crippen LogP contribution is 2.32. The molecule has 0 bridgehead atoms. The molecule has 0 fully saturated rings. The quantitative estimate of drug-likeness (QED) is 0.202. The first kappa shape index (κ1) is 26.6. The molecule has 36 heavy (non-hydrogen) atoms. The first-order valence-electron chi connectivity index (χ1n) is 11.8. The Morgan fingerprint density at radius 2 is 1.83 bits per heavy atom. The van der Waals surface area contributed by atoms with Crippen molar-refractivity contribution in [2.75, 3.05) is 7.11 Å². The van der Waals surface area contributed by atoms with Gasteiger partial charge in [-0.25, -0.2) is 4.39 Å². The van der Waals surface area contributed by atoms with Crippen molar-refractivity contribution < 1.29 is 23.8 Å². The number of esters is 1. The van der Waals surface area contributed by atoms with Crippen LogP contribution in [0.1, 0.15) is 43.5 Å². The van der Waals surface area contributed by atoms with Crippen molar-refractivity contribution in [1.29, 1.82) is 0 Å². The third-order valence-electron chi connectivity index (χ3n) is 5.72. The lowest BCUT2D eigenvalue weighted by atomic mass is 10.0. The molecular formula is C29H31FN2O4. The smallest absolute Gasteiger partial charge is 0.310 e. The van der Waals surface area contributed by atoms with E-state index in [1.807, 2.05) is 55.5 Å². The summed E-state index contributed by atoms with van der Waals surface area (Å²) >= 11 is 0. The van der Waals surface area contributed by atoms with Crippen LogP contribution in [0.3, 0.4) is 0 Å². The van der Waals surface area contributed by atoms with Crippen LogP contribution in [0.15, 0.2) is 78.4 Å². The number of methoxy groups -OCH3 is 1. The summed E-state index contributed by atoms with van der Waals surface area (Å²) in [7, 11) is 1.34. The number of nitrogens with two attached hydrogens (primary N) is 1. The Hall–Kier alpha value is -3.97. The third-order valence-corrected chi connectivity index (χ3v) is 5.72. The molecule has 0 unspecified atom stereocenters. The lowest BCUT2D eigenvalue weighted by molar-refractivity contribution is -0.139. The topological polar surface area (TPSA) is 94.7 Å². The van der Waals surface area contributed by atoms with E-state index >= 15 is 4.39 Å². The molecule has 0 radical (unpaired) electrons. The number of carbonyl (C=O) groups is 1. The summed E-state index contributed by atoms with van der Waals surface area (Å²) in [5, 5.41) is 10.7. The van der Waals surface area contributed by atoms with Crippen molar-refractivity contribution in [1.82, 2.24) is 4.98 Å². The van der Waals surface area contributed by atoms with Crippen LogP contribution in [0.5, 0.6) is 5.75 Å². The molecule has 7 heteroatoms. The molecule has 0 aliphatic carbocycles. The van der Waals surface area contributed by atoms with Crippen LogP contribution < -0.4 is 10.5 Å². The fraction of sp³-hybridized carbons (Fsp3) is 0.241. The van der Waals surface area contributed by atoms with Crippen LogP contribution in [-0.4, -0.2) is 23.2 Å². The van der Waals surface area contributed by atoms with Gasteiger partial charge in [0.1, 0.15) is 11.5 Å². The molecule has 3 aromatic rings. The predicted octanol–water partition coefficient (Wildman–Crippen LogP) is 6.11. The fourth-order valence-electron chi connectivity index (χ4n) is 3.68. The Balaban J connectivity index is 2.09. The Morgan fingerprint density at radius 1 is 1.08 bits per heavy atom. The molecule has 0 aliphatic heterocycles. The second kappa shape index (κ2) is 12.7. The maximum Gasteiger partial charge on any atom is 0.310 e. The van der Waals surface area contributed by atoms with E-state index in [4.69, 9.17) is 15.2 Å². The lowest BCUT2D eigenvalue weighted by Crippen LogP contribution is -2.08. The van der Waals surface area contributed by atoms with E-state index in [9.17, 15) is 9.90 Å². The van der Waals surface area contributed by atoms with E-state index in [0.717, 1.165) is 11.1 Å². The molecule has 3 rings (SSSR count). The van der Waals surface area contributed by atoms with Crippen LogP contribution in [0, 0.1) is 5.82 Å². The Bertz CT molecular complexity index is 1270. The molecule has 1 aromatic heterocycles. The fourth-order valence-corrected chi connectivity index (χ4v) is 3.68. The second-order valence-corrected chi connectivity index (χ2v) is 8.04. The summed E-state index contributed by atoms with van der Waals surface area (Å²) in [6.45, 7) is 3.60. The lowest BCUT2D eigenvalue weighted by Gasteiger charge is -2.16. The predicted molar refractivity (Wildman–Crippen MR) is 139 cm³/mol. The maximum absolute atomic E-state index is 15.1. The number of nitrogens with zero attached hydrogens (tertiary/aromatic N) is 1. The van der Waals surface area contributed by atoms with Crippen molar-refractivity contribution in [3.63, 3.8) is 0 Å². The van der Waals surface area contributed by atoms with Gasteiger partial charge in [0.2, 0.25) is 0 Å². The van der Waals surface area contributed by atoms with Gasteiger partial charge in [0.25, 0.3) is 0 Å². The summed E-state index contributed by atoms with van der Waals surface area (Å²) < 4.78 is 26.2. The summed E-state index contributed by atoms with van der Waals surface area (Å²) in [6, 6.07) is 16.9. The zero-order valence-corrected chi connectivity index (χ0v) is 20.8. The monoisotopic (exact) mass is 490 g/mol. The first-order valence-corrected chi connectivity index (χ1v) is 11.8. The molecule has 0 aliphatic rings. The van der Waals surface area contributed by atoms with Gasteiger partial charge in [0.05, 0.1) is 25.0 Å². The largest absolute Gasteiger partial charge is 0.512 e. The maximum atomic E-state index is 15.1. The molecular weight excluding hydrogens is 459 g/mol. The van der Waals surface area contributed by atoms with E-state index in [1.165, 1.54) is 19.4 Å². The number of ether oxygens (including phenoxy) is 2. The molecule has 3 N–H and O–H groups in total. The minimum Gasteiger partial charge on any atom is -0.512 e. The number of rotatable bonds is 10. The first-order chi connectivity index (χ1) is 17.4. The van der Waals surface area contributed by atoms with Crippen molar-refractivity contribution in [2.24, 2.45) is 5.73 Å². The van der Waals surface area contributed by atoms with Gasteiger partial charge >= 0.3 is 5.97 Å². The summed E-state index contributed by atoms with van der Waals surface area (Å²) in [5.74, 6) is -0.0220. The number of hydrogen-bond donors (Lipinski definition) is 2. The standard InChI is InChI=1S/C29H31FN2O4/c1-4-22(17-24(26(33)5-2)23-13-14-32-25(18-31)29(23)30)36-27-15-20(19-9-7-6-8-10-19)11-12-21(27)16-28(34)35-3/h6-15,17,33H,4-5,16,18,31H2,1-3H3/b22-17+,26-24-. The Labute approximate surface area is 210 Å². The average Bonchev–Trinajstić information content (AvgIpc) is 2.92. The van der Waals surface area contributed by atoms with Crippen molar-refractivity contribution in [2.45, 2.75) is 39.7 Å². The van der Waals surface area contributed by atoms with Gasteiger partial charge in [-0.15, -0.1) is 0 Å². The number of allylic oxidation sites excluding steroid dienone is 4. The van der Waals surface area contributed by atoms with Crippen LogP contribution in [0.4, 0.5) is 4.39 Å². The number of halogens is 1. The number of carbonyl (C=O) groups excluding carboxylic acids is 1. The Kier molecular flexibility index (Phi) is 9.36. The molecule has 0 spiro atoms. The van der Waals surface area contributed by atoms with Crippen LogP contribution in [-0.2, 0) is 22.5 Å². The van der Waals surface area contributed by atoms with Crippen LogP contribution in [0.2, 0.25) is 0 Å². The van der Waals surface area contributed by atoms with E-state index in [2.05, 4.69) is 4.98 Å². The van der Waals surface area contributed by atoms with Crippen molar-refractivity contribution in [3.05, 3.63) is 101 Å². The molecule has 2 aromatic carbocycles. The molecule has 6 nitrogen and oxygen atoms in total. The summed E-state index contributed by atoms with van der Waals surface area (Å²) in [6.07, 6.45) is 3.85. The third kappa shape index (κ3) is 6.37. The van der Waals surface area contributed by atoms with Gasteiger partial charge in [-0.05, 0) is 29.3 Å². The van der Waals surface area contributed by atoms with E-state index in [1.54, 1.807) is 13.0 Å². The molecule has 0 saturated heterocycles. The van der Waals surface area contributed by atoms with Gasteiger partial charge in [0, 0.05) is 42.3 Å². The number of aromatic nitrogens is 1. The summed E-state index contributed by atoms with van der Waals surface area (Å²) in [5.41, 5.74) is 8.76. The zero-order valence-electron chi connectivity index (χ0n) is 20.8. The van der Waals surface area contributed by atoms with Crippen LogP contribution in [0.25, 0.3) is 16.7 Å². The van der Waals surface area contributed by atoms with Crippen molar-refractivity contribution in [3.8, 4) is 16.9 Å². The number of benzene rings is 2. The SMILES string of the molecule is CC/C(O)=C(\C=C(/CC)Oc1cc(-c2ccccc2)ccc1CC(=O)OC)c1ccnc(CN)c1F. The van der Waals surface area contributed by atoms with Gasteiger partial charge in [-0.3, -0.25) is 9.78 Å². The molecule has 1 heterocycles. The van der Waals surface area contributed by atoms with E-state index < -0.39 is 11.8 Å². The second-order valence-electron chi connectivity index (χ2n) is 8.04. The zero-order chi connectivity index (χ0) is 26.1. The van der Waals surface area contributed by atoms with E-state index in [0.29, 0.717) is 29.9 Å². The van der Waals surface area contributed by atoms with Gasteiger partial charge < -0.3 is 20.3 Å². The number of aliphatic hydroxyl groups is 1. The number of aliphatic hydroxyl groups excluding tert-OH is 1. The number of pyridine rings is 1. The highest BCUT2D eigenvalue weighted by atomic mass is 19.1. The number of hydrogen-bond acceptors (Lipinski definition) is 6. The average molecular weight is 491 g/mol. The van der Waals surface area contributed by atoms with Crippen molar-refractivity contribution >= 4 is 11.5 Å². The van der Waals surface area contributed by atoms with Gasteiger partial charge in [-0.2, -0.15) is 0 Å². The Morgan fingerprint density at radius 3 is 2.47 bits per heavy atom. The van der Waals surface area contributed by atoms with E-state index in [-0.39, 0.29) is 35.6 Å². The van der Waals surface area contributed by atoms with Crippen LogP contribution >= 0.6 is 0 Å². The molecule has 0 saturated carbocycles. The van der Waals surface area contributed by atoms with Gasteiger partial charge in [-0.1, -0.05) is 56.3 Å². The minimum absolute atomic E-state index is 0.00504.